The summed E-state index contributed by atoms with van der Waals surface area (Å²) in [6.07, 6.45) is 0.804. The van der Waals surface area contributed by atoms with Crippen LogP contribution in [0.1, 0.15) is 34.8 Å². The number of carbonyl (C=O) groups is 1. The number of hydrogen-bond acceptors (Lipinski definition) is 3. The third kappa shape index (κ3) is 4.35. The Balaban J connectivity index is 2.06. The van der Waals surface area contributed by atoms with Crippen LogP contribution in [-0.2, 0) is 11.3 Å². The number of ether oxygens (including phenoxy) is 2. The van der Waals surface area contributed by atoms with Crippen molar-refractivity contribution in [2.75, 3.05) is 6.61 Å². The van der Waals surface area contributed by atoms with Gasteiger partial charge in [-0.15, -0.1) is 0 Å². The van der Waals surface area contributed by atoms with Crippen molar-refractivity contribution in [1.82, 2.24) is 0 Å². The number of carbonyl (C=O) groups excluding carboxylic acids is 1. The van der Waals surface area contributed by atoms with Gasteiger partial charge in [0.2, 0.25) is 0 Å². The summed E-state index contributed by atoms with van der Waals surface area (Å²) >= 11 is 0. The summed E-state index contributed by atoms with van der Waals surface area (Å²) in [5.74, 6) is 0.218. The van der Waals surface area contributed by atoms with Gasteiger partial charge < -0.3 is 9.47 Å². The van der Waals surface area contributed by atoms with Crippen LogP contribution in [0.3, 0.4) is 0 Å². The maximum Gasteiger partial charge on any atom is 0.341 e. The SMILES string of the molecule is CCCOC(=O)c1ccccc1OCc1ccc(C)cc1. The van der Waals surface area contributed by atoms with Gasteiger partial charge in [-0.25, -0.2) is 4.79 Å². The molecule has 0 heterocycles. The minimum Gasteiger partial charge on any atom is -0.488 e. The molecule has 0 radical (unpaired) electrons. The van der Waals surface area contributed by atoms with Gasteiger partial charge >= 0.3 is 5.97 Å². The Hall–Kier alpha value is -2.29. The van der Waals surface area contributed by atoms with Crippen LogP contribution in [0.4, 0.5) is 0 Å². The summed E-state index contributed by atoms with van der Waals surface area (Å²) in [6.45, 7) is 4.86. The highest BCUT2D eigenvalue weighted by molar-refractivity contribution is 5.92. The third-order valence-corrected chi connectivity index (χ3v) is 3.06. The van der Waals surface area contributed by atoms with E-state index >= 15 is 0 Å². The van der Waals surface area contributed by atoms with Gasteiger partial charge in [0.05, 0.1) is 6.61 Å². The van der Waals surface area contributed by atoms with E-state index in [0.29, 0.717) is 24.5 Å². The molecule has 0 aliphatic carbocycles. The molecule has 0 aliphatic rings. The summed E-state index contributed by atoms with van der Waals surface area (Å²) in [7, 11) is 0. The van der Waals surface area contributed by atoms with E-state index in [9.17, 15) is 4.79 Å². The van der Waals surface area contributed by atoms with E-state index in [-0.39, 0.29) is 5.97 Å². The van der Waals surface area contributed by atoms with Gasteiger partial charge in [0.25, 0.3) is 0 Å². The highest BCUT2D eigenvalue weighted by atomic mass is 16.5. The first-order chi connectivity index (χ1) is 10.2. The van der Waals surface area contributed by atoms with E-state index in [2.05, 4.69) is 0 Å². The number of rotatable bonds is 6. The summed E-state index contributed by atoms with van der Waals surface area (Å²) in [5.41, 5.74) is 2.75. The molecule has 0 spiro atoms. The van der Waals surface area contributed by atoms with Crippen LogP contribution < -0.4 is 4.74 Å². The fraction of sp³-hybridized carbons (Fsp3) is 0.278. The van der Waals surface area contributed by atoms with Crippen molar-refractivity contribution in [3.05, 3.63) is 65.2 Å². The highest BCUT2D eigenvalue weighted by Crippen LogP contribution is 2.20. The lowest BCUT2D eigenvalue weighted by Gasteiger charge is -2.11. The van der Waals surface area contributed by atoms with Crippen molar-refractivity contribution in [2.45, 2.75) is 26.9 Å². The number of hydrogen-bond donors (Lipinski definition) is 0. The van der Waals surface area contributed by atoms with E-state index < -0.39 is 0 Å². The molecule has 0 amide bonds. The molecule has 0 aliphatic heterocycles. The first-order valence-electron chi connectivity index (χ1n) is 7.15. The maximum atomic E-state index is 12.0. The molecule has 0 aromatic heterocycles. The first kappa shape index (κ1) is 15.1. The third-order valence-electron chi connectivity index (χ3n) is 3.06. The Morgan fingerprint density at radius 3 is 2.48 bits per heavy atom. The van der Waals surface area contributed by atoms with Gasteiger partial charge in [0.1, 0.15) is 17.9 Å². The Labute approximate surface area is 125 Å². The van der Waals surface area contributed by atoms with Crippen molar-refractivity contribution in [1.29, 1.82) is 0 Å². The molecule has 0 N–H and O–H groups in total. The van der Waals surface area contributed by atoms with E-state index in [4.69, 9.17) is 9.47 Å². The van der Waals surface area contributed by atoms with E-state index in [1.54, 1.807) is 18.2 Å². The molecule has 2 aromatic rings. The Morgan fingerprint density at radius 1 is 1.05 bits per heavy atom. The van der Waals surface area contributed by atoms with Crippen LogP contribution in [0.15, 0.2) is 48.5 Å². The normalized spacial score (nSPS) is 10.2. The molecule has 0 saturated heterocycles. The second kappa shape index (κ2) is 7.48. The molecule has 21 heavy (non-hydrogen) atoms. The first-order valence-corrected chi connectivity index (χ1v) is 7.15. The minimum atomic E-state index is -0.337. The average molecular weight is 284 g/mol. The molecule has 3 heteroatoms. The van der Waals surface area contributed by atoms with Crippen molar-refractivity contribution in [2.24, 2.45) is 0 Å². The zero-order chi connectivity index (χ0) is 15.1. The molecule has 0 unspecified atom stereocenters. The summed E-state index contributed by atoms with van der Waals surface area (Å²) in [5, 5.41) is 0. The molecule has 0 bridgehead atoms. The molecule has 0 saturated carbocycles. The van der Waals surface area contributed by atoms with Gasteiger partial charge in [-0.05, 0) is 31.0 Å². The lowest BCUT2D eigenvalue weighted by molar-refractivity contribution is 0.0500. The van der Waals surface area contributed by atoms with E-state index in [0.717, 1.165) is 12.0 Å². The fourth-order valence-electron chi connectivity index (χ4n) is 1.88. The number of benzene rings is 2. The van der Waals surface area contributed by atoms with Crippen LogP contribution in [0.2, 0.25) is 0 Å². The van der Waals surface area contributed by atoms with Crippen molar-refractivity contribution >= 4 is 5.97 Å². The quantitative estimate of drug-likeness (QED) is 0.748. The van der Waals surface area contributed by atoms with Gasteiger partial charge in [0.15, 0.2) is 0 Å². The van der Waals surface area contributed by atoms with Gasteiger partial charge in [-0.1, -0.05) is 48.9 Å². The number of aryl methyl sites for hydroxylation is 1. The van der Waals surface area contributed by atoms with Gasteiger partial charge in [0, 0.05) is 0 Å². The van der Waals surface area contributed by atoms with Crippen LogP contribution >= 0.6 is 0 Å². The molecule has 110 valence electrons. The second-order valence-corrected chi connectivity index (χ2v) is 4.91. The maximum absolute atomic E-state index is 12.0. The zero-order valence-electron chi connectivity index (χ0n) is 12.5. The Bertz CT molecular complexity index is 588. The summed E-state index contributed by atoms with van der Waals surface area (Å²) in [6, 6.07) is 15.3. The standard InChI is InChI=1S/C18H20O3/c1-3-12-20-18(19)16-6-4-5-7-17(16)21-13-15-10-8-14(2)9-11-15/h4-11H,3,12-13H2,1-2H3. The van der Waals surface area contributed by atoms with Crippen LogP contribution in [0.5, 0.6) is 5.75 Å². The predicted octanol–water partition coefficient (Wildman–Crippen LogP) is 4.14. The molecule has 2 rings (SSSR count). The van der Waals surface area contributed by atoms with Crippen LogP contribution in [-0.4, -0.2) is 12.6 Å². The lowest BCUT2D eigenvalue weighted by atomic mass is 10.1. The summed E-state index contributed by atoms with van der Waals surface area (Å²) in [4.78, 5) is 12.0. The van der Waals surface area contributed by atoms with Crippen LogP contribution in [0.25, 0.3) is 0 Å². The zero-order valence-corrected chi connectivity index (χ0v) is 12.5. The Kier molecular flexibility index (Phi) is 5.38. The second-order valence-electron chi connectivity index (χ2n) is 4.91. The van der Waals surface area contributed by atoms with Crippen molar-refractivity contribution in [3.63, 3.8) is 0 Å². The largest absolute Gasteiger partial charge is 0.488 e. The Morgan fingerprint density at radius 2 is 1.76 bits per heavy atom. The monoisotopic (exact) mass is 284 g/mol. The number of esters is 1. The molecule has 2 aromatic carbocycles. The molecular weight excluding hydrogens is 264 g/mol. The van der Waals surface area contributed by atoms with E-state index in [1.807, 2.05) is 44.2 Å². The van der Waals surface area contributed by atoms with Gasteiger partial charge in [-0.3, -0.25) is 0 Å². The lowest BCUT2D eigenvalue weighted by Crippen LogP contribution is -2.08. The smallest absolute Gasteiger partial charge is 0.341 e. The molecule has 3 nitrogen and oxygen atoms in total. The van der Waals surface area contributed by atoms with E-state index in [1.165, 1.54) is 5.56 Å². The van der Waals surface area contributed by atoms with Gasteiger partial charge in [-0.2, -0.15) is 0 Å². The molecular formula is C18H20O3. The topological polar surface area (TPSA) is 35.5 Å². The highest BCUT2D eigenvalue weighted by Gasteiger charge is 2.13. The molecule has 0 fully saturated rings. The average Bonchev–Trinajstić information content (AvgIpc) is 2.52. The molecule has 0 atom stereocenters. The summed E-state index contributed by atoms with van der Waals surface area (Å²) < 4.78 is 10.9. The predicted molar refractivity (Wildman–Crippen MR) is 82.5 cm³/mol. The van der Waals surface area contributed by atoms with Crippen molar-refractivity contribution in [3.8, 4) is 5.75 Å². The van der Waals surface area contributed by atoms with Crippen LogP contribution in [0, 0.1) is 6.92 Å². The number of para-hydroxylation sites is 1. The minimum absolute atomic E-state index is 0.337. The fourth-order valence-corrected chi connectivity index (χ4v) is 1.88. The van der Waals surface area contributed by atoms with Crippen molar-refractivity contribution < 1.29 is 14.3 Å².